The fraction of sp³-hybridized carbons (Fsp3) is 0.0213. The summed E-state index contributed by atoms with van der Waals surface area (Å²) in [6, 6.07) is 61.6. The minimum Gasteiger partial charge on any atom is -0.208 e. The zero-order valence-corrected chi connectivity index (χ0v) is 28.7. The Morgan fingerprint density at radius 1 is 0.404 bits per heavy atom. The van der Waals surface area contributed by atoms with Gasteiger partial charge < -0.3 is 0 Å². The molecule has 7 aromatic carbocycles. The summed E-state index contributed by atoms with van der Waals surface area (Å²) in [5, 5.41) is 9.45. The van der Waals surface area contributed by atoms with Crippen LogP contribution < -0.4 is 0 Å². The molecule has 10 rings (SSSR count). The molecule has 2 heterocycles. The van der Waals surface area contributed by atoms with Crippen molar-refractivity contribution in [2.45, 2.75) is 15.2 Å². The number of hydrogen-bond acceptors (Lipinski definition) is 5. The third-order valence-corrected chi connectivity index (χ3v) is 11.4. The van der Waals surface area contributed by atoms with E-state index in [4.69, 9.17) is 15.0 Å². The summed E-state index contributed by atoms with van der Waals surface area (Å²) in [6.07, 6.45) is 0. The summed E-state index contributed by atoms with van der Waals surface area (Å²) in [5.41, 5.74) is 12.5. The third-order valence-electron chi connectivity index (χ3n) is 10.2. The van der Waals surface area contributed by atoms with Crippen LogP contribution in [0.15, 0.2) is 180 Å². The number of aromatic nitrogens is 3. The second kappa shape index (κ2) is 12.0. The Kier molecular flexibility index (Phi) is 6.99. The lowest BCUT2D eigenvalue weighted by Crippen LogP contribution is -2.31. The van der Waals surface area contributed by atoms with Crippen molar-refractivity contribution in [3.63, 3.8) is 0 Å². The molecule has 52 heavy (non-hydrogen) atoms. The minimum absolute atomic E-state index is 0.506. The lowest BCUT2D eigenvalue weighted by molar-refractivity contribution is 0.722. The van der Waals surface area contributed by atoms with Crippen LogP contribution in [0, 0.1) is 11.3 Å². The average molecular weight is 681 g/mol. The van der Waals surface area contributed by atoms with Crippen molar-refractivity contribution < 1.29 is 0 Å². The zero-order chi connectivity index (χ0) is 34.6. The summed E-state index contributed by atoms with van der Waals surface area (Å²) in [5.74, 6) is 1.90. The van der Waals surface area contributed by atoms with E-state index in [1.807, 2.05) is 96.7 Å². The predicted octanol–water partition coefficient (Wildman–Crippen LogP) is 11.2. The molecule has 0 saturated carbocycles. The van der Waals surface area contributed by atoms with Gasteiger partial charge in [-0.1, -0.05) is 145 Å². The SMILES string of the molecule is N#Cc1ccc(-c2ccc3c(c2)-c2cc(-c4nc(-c5ccccc5)nc(-c5ccccc5)n4)ccc2C32c3ccccc3Sc3ccccc32)cc1. The van der Waals surface area contributed by atoms with Crippen molar-refractivity contribution in [2.75, 3.05) is 0 Å². The Labute approximate surface area is 306 Å². The van der Waals surface area contributed by atoms with Crippen molar-refractivity contribution in [1.29, 1.82) is 5.26 Å². The Hall–Kier alpha value is -6.61. The van der Waals surface area contributed by atoms with Gasteiger partial charge in [-0.3, -0.25) is 0 Å². The van der Waals surface area contributed by atoms with Crippen molar-refractivity contribution in [1.82, 2.24) is 15.0 Å². The predicted molar refractivity (Wildman–Crippen MR) is 208 cm³/mol. The highest BCUT2D eigenvalue weighted by Gasteiger charge is 2.50. The fourth-order valence-corrected chi connectivity index (χ4v) is 9.09. The van der Waals surface area contributed by atoms with Gasteiger partial charge in [0, 0.05) is 26.5 Å². The Morgan fingerprint density at radius 3 is 1.38 bits per heavy atom. The molecule has 2 aliphatic rings. The molecule has 0 unspecified atom stereocenters. The van der Waals surface area contributed by atoms with E-state index >= 15 is 0 Å². The maximum atomic E-state index is 9.45. The maximum Gasteiger partial charge on any atom is 0.164 e. The van der Waals surface area contributed by atoms with Gasteiger partial charge in [-0.15, -0.1) is 0 Å². The van der Waals surface area contributed by atoms with Crippen LogP contribution in [0.2, 0.25) is 0 Å². The van der Waals surface area contributed by atoms with Gasteiger partial charge in [0.05, 0.1) is 17.0 Å². The van der Waals surface area contributed by atoms with Crippen LogP contribution in [0.4, 0.5) is 0 Å². The largest absolute Gasteiger partial charge is 0.208 e. The number of benzene rings is 7. The molecule has 0 radical (unpaired) electrons. The molecule has 0 bridgehead atoms. The van der Waals surface area contributed by atoms with Gasteiger partial charge in [-0.25, -0.2) is 15.0 Å². The molecular formula is C47H28N4S. The molecule has 4 nitrogen and oxygen atoms in total. The topological polar surface area (TPSA) is 62.5 Å². The summed E-state index contributed by atoms with van der Waals surface area (Å²) in [7, 11) is 0. The Morgan fingerprint density at radius 2 is 0.846 bits per heavy atom. The standard InChI is InChI=1S/C47H28N4S/c48-29-30-19-21-31(22-20-30)34-23-25-38-36(27-34)37-28-35(46-50-44(32-11-3-1-4-12-32)49-45(51-46)33-13-5-2-6-14-33)24-26-39(37)47(38)40-15-7-9-17-42(40)52-43-18-10-8-16-41(43)47/h1-28H. The molecule has 1 aromatic heterocycles. The number of nitriles is 1. The molecule has 8 aromatic rings. The lowest BCUT2D eigenvalue weighted by Gasteiger charge is -2.39. The molecule has 242 valence electrons. The molecule has 0 N–H and O–H groups in total. The highest BCUT2D eigenvalue weighted by Crippen LogP contribution is 2.62. The molecule has 0 amide bonds. The van der Waals surface area contributed by atoms with Crippen LogP contribution in [0.1, 0.15) is 27.8 Å². The van der Waals surface area contributed by atoms with Gasteiger partial charge in [0.25, 0.3) is 0 Å². The van der Waals surface area contributed by atoms with Gasteiger partial charge in [-0.05, 0) is 80.9 Å². The van der Waals surface area contributed by atoms with E-state index in [9.17, 15) is 5.26 Å². The second-order valence-electron chi connectivity index (χ2n) is 13.1. The smallest absolute Gasteiger partial charge is 0.164 e. The van der Waals surface area contributed by atoms with Crippen LogP contribution in [0.5, 0.6) is 0 Å². The van der Waals surface area contributed by atoms with Crippen LogP contribution in [-0.4, -0.2) is 15.0 Å². The molecule has 1 spiro atoms. The molecule has 5 heteroatoms. The van der Waals surface area contributed by atoms with Crippen molar-refractivity contribution in [2.24, 2.45) is 0 Å². The second-order valence-corrected chi connectivity index (χ2v) is 14.2. The quantitative estimate of drug-likeness (QED) is 0.185. The van der Waals surface area contributed by atoms with Crippen molar-refractivity contribution >= 4 is 11.8 Å². The van der Waals surface area contributed by atoms with Crippen molar-refractivity contribution in [3.05, 3.63) is 198 Å². The monoisotopic (exact) mass is 680 g/mol. The third kappa shape index (κ3) is 4.66. The van der Waals surface area contributed by atoms with E-state index in [0.29, 0.717) is 23.0 Å². The maximum absolute atomic E-state index is 9.45. The normalized spacial score (nSPS) is 13.1. The first-order valence-electron chi connectivity index (χ1n) is 17.2. The van der Waals surface area contributed by atoms with Crippen LogP contribution in [-0.2, 0) is 5.41 Å². The van der Waals surface area contributed by atoms with E-state index in [0.717, 1.165) is 33.4 Å². The number of hydrogen-bond donors (Lipinski definition) is 0. The van der Waals surface area contributed by atoms with Gasteiger partial charge >= 0.3 is 0 Å². The average Bonchev–Trinajstić information content (AvgIpc) is 3.50. The van der Waals surface area contributed by atoms with E-state index in [1.165, 1.54) is 37.6 Å². The van der Waals surface area contributed by atoms with E-state index in [1.54, 1.807) is 0 Å². The van der Waals surface area contributed by atoms with E-state index < -0.39 is 5.41 Å². The molecule has 1 aliphatic heterocycles. The summed E-state index contributed by atoms with van der Waals surface area (Å²) in [6.45, 7) is 0. The Balaban J connectivity index is 1.24. The van der Waals surface area contributed by atoms with E-state index in [2.05, 4.69) is 91.0 Å². The first-order valence-corrected chi connectivity index (χ1v) is 18.1. The van der Waals surface area contributed by atoms with Crippen molar-refractivity contribution in [3.8, 4) is 62.5 Å². The summed E-state index contributed by atoms with van der Waals surface area (Å²) >= 11 is 1.84. The summed E-state index contributed by atoms with van der Waals surface area (Å²) < 4.78 is 0. The lowest BCUT2D eigenvalue weighted by atomic mass is 9.67. The highest BCUT2D eigenvalue weighted by atomic mass is 32.2. The summed E-state index contributed by atoms with van der Waals surface area (Å²) in [4.78, 5) is 17.6. The van der Waals surface area contributed by atoms with Gasteiger partial charge in [0.1, 0.15) is 0 Å². The molecular weight excluding hydrogens is 653 g/mol. The number of fused-ring (bicyclic) bond motifs is 9. The fourth-order valence-electron chi connectivity index (χ4n) is 7.90. The molecule has 0 saturated heterocycles. The molecule has 0 atom stereocenters. The van der Waals surface area contributed by atoms with Gasteiger partial charge in [0.15, 0.2) is 17.5 Å². The Bertz CT molecular complexity index is 2610. The van der Waals surface area contributed by atoms with Gasteiger partial charge in [-0.2, -0.15) is 5.26 Å². The highest BCUT2D eigenvalue weighted by molar-refractivity contribution is 7.99. The zero-order valence-electron chi connectivity index (χ0n) is 27.9. The molecule has 0 fully saturated rings. The van der Waals surface area contributed by atoms with Crippen LogP contribution in [0.3, 0.4) is 0 Å². The first-order chi connectivity index (χ1) is 25.7. The minimum atomic E-state index is -0.506. The van der Waals surface area contributed by atoms with Gasteiger partial charge in [0.2, 0.25) is 0 Å². The first kappa shape index (κ1) is 30.2. The number of nitrogens with zero attached hydrogens (tertiary/aromatic N) is 4. The molecule has 1 aliphatic carbocycles. The van der Waals surface area contributed by atoms with E-state index in [-0.39, 0.29) is 0 Å². The number of rotatable bonds is 4. The van der Waals surface area contributed by atoms with Crippen LogP contribution >= 0.6 is 11.8 Å². The van der Waals surface area contributed by atoms with Crippen LogP contribution in [0.25, 0.3) is 56.4 Å².